The molecule has 1 aromatic heterocycles. The number of hydrogen-bond acceptors (Lipinski definition) is 7. The summed E-state index contributed by atoms with van der Waals surface area (Å²) in [7, 11) is 0. The third-order valence-electron chi connectivity index (χ3n) is 5.97. The molecule has 0 amide bonds. The summed E-state index contributed by atoms with van der Waals surface area (Å²) in [5.41, 5.74) is 8.90. The summed E-state index contributed by atoms with van der Waals surface area (Å²) < 4.78 is 0. The number of nitriles is 1. The number of anilines is 1. The van der Waals surface area contributed by atoms with Crippen molar-refractivity contribution in [1.82, 2.24) is 0 Å². The van der Waals surface area contributed by atoms with Gasteiger partial charge in [-0.25, -0.2) is 0 Å². The van der Waals surface area contributed by atoms with Crippen LogP contribution in [0.3, 0.4) is 0 Å². The fourth-order valence-corrected chi connectivity index (χ4v) is 5.58. The number of hydrogen-bond donors (Lipinski definition) is 1. The fraction of sp³-hybridized carbons (Fsp3) is 0.304. The van der Waals surface area contributed by atoms with Crippen molar-refractivity contribution in [2.75, 3.05) is 4.90 Å². The highest BCUT2D eigenvalue weighted by Crippen LogP contribution is 2.51. The number of non-ortho nitro benzene ring substituents is 1. The number of benzene rings is 1. The number of ketones is 1. The quantitative estimate of drug-likeness (QED) is 0.466. The Kier molecular flexibility index (Phi) is 5.35. The minimum atomic E-state index is -0.544. The highest BCUT2D eigenvalue weighted by atomic mass is 35.5. The molecule has 0 saturated heterocycles. The number of nitro benzene ring substituents is 1. The zero-order chi connectivity index (χ0) is 23.4. The van der Waals surface area contributed by atoms with Gasteiger partial charge in [-0.05, 0) is 41.8 Å². The maximum Gasteiger partial charge on any atom is 0.271 e. The van der Waals surface area contributed by atoms with Gasteiger partial charge in [0.05, 0.1) is 33.2 Å². The van der Waals surface area contributed by atoms with E-state index in [4.69, 9.17) is 17.3 Å². The van der Waals surface area contributed by atoms with Crippen molar-refractivity contribution in [2.45, 2.75) is 39.5 Å². The molecule has 2 aromatic rings. The van der Waals surface area contributed by atoms with Gasteiger partial charge in [-0.3, -0.25) is 19.8 Å². The number of thiophene rings is 1. The first-order valence-electron chi connectivity index (χ1n) is 10.00. The number of aryl methyl sites for hydroxylation is 1. The predicted octanol–water partition coefficient (Wildman–Crippen LogP) is 5.56. The van der Waals surface area contributed by atoms with Gasteiger partial charge in [-0.15, -0.1) is 11.3 Å². The van der Waals surface area contributed by atoms with Crippen molar-refractivity contribution >= 4 is 40.1 Å². The lowest BCUT2D eigenvalue weighted by Gasteiger charge is -2.44. The van der Waals surface area contributed by atoms with E-state index in [1.807, 2.05) is 32.2 Å². The molecule has 4 rings (SSSR count). The van der Waals surface area contributed by atoms with Crippen LogP contribution in [-0.4, -0.2) is 10.7 Å². The van der Waals surface area contributed by atoms with Crippen LogP contribution in [0.15, 0.2) is 52.3 Å². The summed E-state index contributed by atoms with van der Waals surface area (Å²) in [5, 5.41) is 23.3. The first kappa shape index (κ1) is 22.1. The molecule has 0 spiro atoms. The molecular formula is C23H21ClN4O3S. The zero-order valence-corrected chi connectivity index (χ0v) is 19.4. The molecule has 7 nitrogen and oxygen atoms in total. The van der Waals surface area contributed by atoms with Crippen molar-refractivity contribution in [3.05, 3.63) is 77.9 Å². The van der Waals surface area contributed by atoms with Crippen LogP contribution in [0, 0.1) is 33.8 Å². The molecule has 1 aliphatic heterocycles. The fourth-order valence-electron chi connectivity index (χ4n) is 4.58. The van der Waals surface area contributed by atoms with Gasteiger partial charge < -0.3 is 5.73 Å². The van der Waals surface area contributed by atoms with Crippen molar-refractivity contribution in [3.63, 3.8) is 0 Å². The highest BCUT2D eigenvalue weighted by Gasteiger charge is 2.45. The Labute approximate surface area is 194 Å². The molecule has 0 saturated carbocycles. The average Bonchev–Trinajstić information content (AvgIpc) is 3.12. The van der Waals surface area contributed by atoms with Crippen molar-refractivity contribution in [3.8, 4) is 6.07 Å². The number of nitrogens with two attached hydrogens (primary N) is 1. The number of nitrogens with zero attached hydrogens (tertiary/aromatic N) is 3. The van der Waals surface area contributed by atoms with Gasteiger partial charge in [0.2, 0.25) is 0 Å². The molecule has 2 N–H and O–H groups in total. The number of halogens is 1. The summed E-state index contributed by atoms with van der Waals surface area (Å²) in [6.07, 6.45) is 0.895. The van der Waals surface area contributed by atoms with E-state index in [-0.39, 0.29) is 33.3 Å². The Morgan fingerprint density at radius 3 is 2.62 bits per heavy atom. The van der Waals surface area contributed by atoms with Gasteiger partial charge in [0.15, 0.2) is 5.78 Å². The molecule has 1 atom stereocenters. The molecule has 0 radical (unpaired) electrons. The molecule has 164 valence electrons. The number of carbonyl (C=O) groups excluding carboxylic acids is 1. The zero-order valence-electron chi connectivity index (χ0n) is 17.8. The number of rotatable bonds is 3. The smallest absolute Gasteiger partial charge is 0.271 e. The van der Waals surface area contributed by atoms with Crippen LogP contribution < -0.4 is 10.6 Å². The van der Waals surface area contributed by atoms with Crippen LogP contribution in [0.2, 0.25) is 5.02 Å². The summed E-state index contributed by atoms with van der Waals surface area (Å²) >= 11 is 8.00. The van der Waals surface area contributed by atoms with Crippen LogP contribution in [0.25, 0.3) is 0 Å². The number of allylic oxidation sites excluding steroid dienone is 3. The molecule has 32 heavy (non-hydrogen) atoms. The third-order valence-corrected chi connectivity index (χ3v) is 7.14. The molecule has 0 bridgehead atoms. The predicted molar refractivity (Wildman–Crippen MR) is 124 cm³/mol. The van der Waals surface area contributed by atoms with Gasteiger partial charge >= 0.3 is 0 Å². The molecular weight excluding hydrogens is 448 g/mol. The summed E-state index contributed by atoms with van der Waals surface area (Å²) in [6, 6.07) is 8.25. The highest BCUT2D eigenvalue weighted by molar-refractivity contribution is 7.10. The van der Waals surface area contributed by atoms with Crippen LogP contribution in [0.4, 0.5) is 11.4 Å². The maximum absolute atomic E-state index is 13.5. The van der Waals surface area contributed by atoms with E-state index < -0.39 is 10.8 Å². The Balaban J connectivity index is 2.01. The van der Waals surface area contributed by atoms with Crippen molar-refractivity contribution < 1.29 is 9.72 Å². The summed E-state index contributed by atoms with van der Waals surface area (Å²) in [4.78, 5) is 26.8. The molecule has 0 fully saturated rings. The first-order chi connectivity index (χ1) is 15.1. The lowest BCUT2D eigenvalue weighted by atomic mass is 9.68. The third kappa shape index (κ3) is 3.48. The van der Waals surface area contributed by atoms with E-state index in [9.17, 15) is 20.2 Å². The molecule has 2 aliphatic rings. The van der Waals surface area contributed by atoms with Crippen molar-refractivity contribution in [2.24, 2.45) is 11.1 Å². The standard InChI is InChI=1S/C23H21ClN4O3S/c1-12-14(6-7-32-12)20-15(11-25)22(26)27(17-5-4-13(28(30)31)8-16(17)24)18-9-23(2,3)10-19(29)21(18)20/h4-8,20H,9-10,26H2,1-3H3/t20-/m0/s1. The van der Waals surface area contributed by atoms with Crippen LogP contribution >= 0.6 is 22.9 Å². The van der Waals surface area contributed by atoms with Crippen LogP contribution in [0.1, 0.15) is 43.0 Å². The summed E-state index contributed by atoms with van der Waals surface area (Å²) in [6.45, 7) is 5.98. The second-order valence-electron chi connectivity index (χ2n) is 8.81. The van der Waals surface area contributed by atoms with Gasteiger partial charge in [0.25, 0.3) is 5.69 Å². The minimum absolute atomic E-state index is 0.0323. The van der Waals surface area contributed by atoms with E-state index in [0.717, 1.165) is 10.4 Å². The Hall–Kier alpha value is -3.15. The summed E-state index contributed by atoms with van der Waals surface area (Å²) in [5.74, 6) is -0.392. The SMILES string of the molecule is Cc1sccc1[C@H]1C(C#N)=C(N)N(c2ccc([N+](=O)[O-])cc2Cl)C2=C1C(=O)CC(C)(C)C2. The Morgan fingerprint density at radius 2 is 2.06 bits per heavy atom. The second kappa shape index (κ2) is 7.76. The Morgan fingerprint density at radius 1 is 1.34 bits per heavy atom. The van der Waals surface area contributed by atoms with Gasteiger partial charge in [-0.2, -0.15) is 5.26 Å². The maximum atomic E-state index is 13.5. The monoisotopic (exact) mass is 468 g/mol. The van der Waals surface area contributed by atoms with Gasteiger partial charge in [0, 0.05) is 34.7 Å². The normalized spacial score (nSPS) is 20.3. The van der Waals surface area contributed by atoms with Gasteiger partial charge in [-0.1, -0.05) is 25.4 Å². The van der Waals surface area contributed by atoms with E-state index in [1.54, 1.807) is 16.2 Å². The minimum Gasteiger partial charge on any atom is -0.384 e. The molecule has 1 aliphatic carbocycles. The molecule has 1 aromatic carbocycles. The van der Waals surface area contributed by atoms with E-state index in [0.29, 0.717) is 29.8 Å². The molecule has 9 heteroatoms. The first-order valence-corrected chi connectivity index (χ1v) is 11.3. The molecule has 2 heterocycles. The second-order valence-corrected chi connectivity index (χ2v) is 10.3. The number of Topliss-reactive ketones (excluding diaryl/α,β-unsaturated/α-hetero) is 1. The van der Waals surface area contributed by atoms with Crippen LogP contribution in [0.5, 0.6) is 0 Å². The van der Waals surface area contributed by atoms with E-state index >= 15 is 0 Å². The Bertz CT molecular complexity index is 1270. The van der Waals surface area contributed by atoms with Gasteiger partial charge in [0.1, 0.15) is 5.82 Å². The average molecular weight is 469 g/mol. The molecule has 0 unspecified atom stereocenters. The van der Waals surface area contributed by atoms with Crippen molar-refractivity contribution in [1.29, 1.82) is 5.26 Å². The number of carbonyl (C=O) groups is 1. The van der Waals surface area contributed by atoms with Crippen LogP contribution in [-0.2, 0) is 4.79 Å². The largest absolute Gasteiger partial charge is 0.384 e. The topological polar surface area (TPSA) is 113 Å². The lowest BCUT2D eigenvalue weighted by Crippen LogP contribution is -2.42. The lowest BCUT2D eigenvalue weighted by molar-refractivity contribution is -0.384. The van der Waals surface area contributed by atoms with E-state index in [1.165, 1.54) is 18.2 Å². The van der Waals surface area contributed by atoms with E-state index in [2.05, 4.69) is 6.07 Å². The number of nitro groups is 1.